The first-order valence-corrected chi connectivity index (χ1v) is 13.0. The van der Waals surface area contributed by atoms with E-state index < -0.39 is 11.8 Å². The fourth-order valence-corrected chi connectivity index (χ4v) is 3.37. The molecule has 0 amide bonds. The first-order valence-electron chi connectivity index (χ1n) is 13.0. The number of ether oxygens (including phenoxy) is 6. The van der Waals surface area contributed by atoms with Crippen molar-refractivity contribution in [2.45, 2.75) is 6.42 Å². The Hall–Kier alpha value is -3.26. The molecule has 0 aliphatic heterocycles. The van der Waals surface area contributed by atoms with Gasteiger partial charge in [-0.2, -0.15) is 4.98 Å². The second-order valence-electron chi connectivity index (χ2n) is 8.25. The van der Waals surface area contributed by atoms with Crippen molar-refractivity contribution in [3.05, 3.63) is 65.8 Å². The third kappa shape index (κ3) is 11.5. The summed E-state index contributed by atoms with van der Waals surface area (Å²) in [4.78, 5) is 16.9. The molecule has 218 valence electrons. The van der Waals surface area contributed by atoms with Gasteiger partial charge in [0.15, 0.2) is 5.82 Å². The molecule has 2 aromatic rings. The average Bonchev–Trinajstić information content (AvgIpc) is 3.32. The molecule has 3 rings (SSSR count). The number of benzene rings is 1. The molecule has 1 aromatic carbocycles. The van der Waals surface area contributed by atoms with Crippen LogP contribution in [0.2, 0.25) is 0 Å². The van der Waals surface area contributed by atoms with Crippen molar-refractivity contribution >= 4 is 11.5 Å². The Morgan fingerprint density at radius 3 is 2.10 bits per heavy atom. The Bertz CT molecular complexity index is 1120. The van der Waals surface area contributed by atoms with Gasteiger partial charge >= 0.3 is 5.97 Å². The van der Waals surface area contributed by atoms with Crippen LogP contribution in [0.1, 0.15) is 12.2 Å². The molecule has 0 bridgehead atoms. The first-order chi connectivity index (χ1) is 19.7. The van der Waals surface area contributed by atoms with E-state index in [2.05, 4.69) is 10.1 Å². The largest absolute Gasteiger partial charge is 0.460 e. The molecule has 11 nitrogen and oxygen atoms in total. The summed E-state index contributed by atoms with van der Waals surface area (Å²) in [6.07, 6.45) is 7.34. The van der Waals surface area contributed by atoms with E-state index in [1.165, 1.54) is 6.07 Å². The van der Waals surface area contributed by atoms with Crippen molar-refractivity contribution in [3.63, 3.8) is 0 Å². The van der Waals surface area contributed by atoms with Crippen LogP contribution in [0.4, 0.5) is 4.39 Å². The Labute approximate surface area is 232 Å². The molecule has 40 heavy (non-hydrogen) atoms. The van der Waals surface area contributed by atoms with Crippen molar-refractivity contribution < 1.29 is 47.2 Å². The molecule has 1 aromatic heterocycles. The first kappa shape index (κ1) is 31.3. The minimum atomic E-state index is -0.513. The van der Waals surface area contributed by atoms with Gasteiger partial charge in [0.05, 0.1) is 83.8 Å². The molecule has 0 saturated heterocycles. The zero-order valence-electron chi connectivity index (χ0n) is 22.3. The Balaban J connectivity index is 1.26. The molecule has 0 atom stereocenters. The molecule has 1 aliphatic carbocycles. The smallest absolute Gasteiger partial charge is 0.338 e. The van der Waals surface area contributed by atoms with Gasteiger partial charge in [-0.15, -0.1) is 0 Å². The number of aliphatic hydroxyl groups excluding tert-OH is 1. The van der Waals surface area contributed by atoms with Crippen molar-refractivity contribution in [3.8, 4) is 11.5 Å². The highest BCUT2D eigenvalue weighted by Gasteiger charge is 2.18. The number of allylic oxidation sites excluding steroid dienone is 4. The number of nitrogens with zero attached hydrogens (tertiary/aromatic N) is 2. The highest BCUT2D eigenvalue weighted by molar-refractivity contribution is 5.94. The maximum atomic E-state index is 14.1. The molecule has 0 spiro atoms. The van der Waals surface area contributed by atoms with Gasteiger partial charge in [-0.3, -0.25) is 0 Å². The standard InChI is InChI=1S/C28H35FN2O9/c29-25-8-4-3-7-24(25)27-30-26(31-40-27)22-5-1-2-6-23(21-22)28(33)39-20-19-38-18-17-37-16-15-36-14-13-35-12-11-34-10-9-32/h1-4,6-8,21,32H,5,9-20H2. The van der Waals surface area contributed by atoms with Gasteiger partial charge in [0.1, 0.15) is 12.4 Å². The second kappa shape index (κ2) is 18.9. The van der Waals surface area contributed by atoms with Gasteiger partial charge in [-0.25, -0.2) is 9.18 Å². The van der Waals surface area contributed by atoms with Gasteiger partial charge in [-0.1, -0.05) is 29.4 Å². The Morgan fingerprint density at radius 2 is 1.48 bits per heavy atom. The average molecular weight is 563 g/mol. The van der Waals surface area contributed by atoms with Gasteiger partial charge in [0, 0.05) is 5.57 Å². The molecule has 1 aliphatic rings. The van der Waals surface area contributed by atoms with Gasteiger partial charge in [-0.05, 0) is 30.7 Å². The quantitative estimate of drug-likeness (QED) is 0.189. The summed E-state index contributed by atoms with van der Waals surface area (Å²) in [5.74, 6) is -0.645. The predicted molar refractivity (Wildman–Crippen MR) is 142 cm³/mol. The van der Waals surface area contributed by atoms with E-state index in [-0.39, 0.29) is 37.1 Å². The SMILES string of the molecule is O=C(OCCOCCOCCOCCOCCOCCO)C1=CC=CCC(c2noc(-c3ccccc3F)n2)=C1. The van der Waals surface area contributed by atoms with Crippen LogP contribution in [0, 0.1) is 5.82 Å². The fourth-order valence-electron chi connectivity index (χ4n) is 3.37. The highest BCUT2D eigenvalue weighted by Crippen LogP contribution is 2.26. The van der Waals surface area contributed by atoms with E-state index in [9.17, 15) is 9.18 Å². The van der Waals surface area contributed by atoms with E-state index in [1.54, 1.807) is 36.4 Å². The van der Waals surface area contributed by atoms with Gasteiger partial charge in [0.2, 0.25) is 0 Å². The predicted octanol–water partition coefficient (Wildman–Crippen LogP) is 2.76. The van der Waals surface area contributed by atoms with Crippen molar-refractivity contribution in [2.24, 2.45) is 0 Å². The number of aliphatic hydroxyl groups is 1. The highest BCUT2D eigenvalue weighted by atomic mass is 19.1. The van der Waals surface area contributed by atoms with Crippen molar-refractivity contribution in [2.75, 3.05) is 79.3 Å². The third-order valence-electron chi connectivity index (χ3n) is 5.32. The van der Waals surface area contributed by atoms with E-state index in [1.807, 2.05) is 6.08 Å². The number of carbonyl (C=O) groups is 1. The number of esters is 1. The van der Waals surface area contributed by atoms with E-state index in [4.69, 9.17) is 38.1 Å². The van der Waals surface area contributed by atoms with Crippen LogP contribution in [0.15, 0.2) is 58.7 Å². The Morgan fingerprint density at radius 1 is 0.875 bits per heavy atom. The molecule has 0 radical (unpaired) electrons. The van der Waals surface area contributed by atoms with Gasteiger partial charge < -0.3 is 38.1 Å². The molecule has 0 saturated carbocycles. The summed E-state index contributed by atoms with van der Waals surface area (Å²) < 4.78 is 51.2. The molecule has 1 heterocycles. The summed E-state index contributed by atoms with van der Waals surface area (Å²) in [6.45, 7) is 4.04. The summed E-state index contributed by atoms with van der Waals surface area (Å²) in [5, 5.41) is 12.5. The number of halogens is 1. The van der Waals surface area contributed by atoms with Gasteiger partial charge in [0.25, 0.3) is 5.89 Å². The van der Waals surface area contributed by atoms with Crippen molar-refractivity contribution in [1.82, 2.24) is 10.1 Å². The minimum Gasteiger partial charge on any atom is -0.460 e. The number of hydrogen-bond donors (Lipinski definition) is 1. The summed E-state index contributed by atoms with van der Waals surface area (Å²) >= 11 is 0. The van der Waals surface area contributed by atoms with Crippen LogP contribution in [-0.2, 0) is 33.2 Å². The van der Waals surface area contributed by atoms with Crippen LogP contribution in [0.25, 0.3) is 17.0 Å². The van der Waals surface area contributed by atoms with Crippen LogP contribution < -0.4 is 0 Å². The van der Waals surface area contributed by atoms with E-state index in [0.29, 0.717) is 77.0 Å². The van der Waals surface area contributed by atoms with Crippen LogP contribution in [0.3, 0.4) is 0 Å². The maximum Gasteiger partial charge on any atom is 0.338 e. The third-order valence-corrected chi connectivity index (χ3v) is 5.32. The lowest BCUT2D eigenvalue weighted by molar-refractivity contribution is -0.140. The molecule has 1 N–H and O–H groups in total. The lowest BCUT2D eigenvalue weighted by atomic mass is 10.1. The normalized spacial score (nSPS) is 13.2. The lowest BCUT2D eigenvalue weighted by Crippen LogP contribution is -2.15. The number of hydrogen-bond acceptors (Lipinski definition) is 11. The molecule has 0 unspecified atom stereocenters. The number of rotatable bonds is 20. The monoisotopic (exact) mass is 562 g/mol. The molecule has 0 fully saturated rings. The zero-order chi connectivity index (χ0) is 28.3. The maximum absolute atomic E-state index is 14.1. The summed E-state index contributed by atoms with van der Waals surface area (Å²) in [5.41, 5.74) is 1.17. The van der Waals surface area contributed by atoms with E-state index in [0.717, 1.165) is 0 Å². The summed E-state index contributed by atoms with van der Waals surface area (Å²) in [7, 11) is 0. The van der Waals surface area contributed by atoms with Crippen LogP contribution in [-0.4, -0.2) is 100 Å². The molecular weight excluding hydrogens is 527 g/mol. The fraction of sp³-hybridized carbons (Fsp3) is 0.464. The molecular formula is C28H35FN2O9. The second-order valence-corrected chi connectivity index (χ2v) is 8.25. The Kier molecular flexibility index (Phi) is 14.8. The van der Waals surface area contributed by atoms with Crippen LogP contribution >= 0.6 is 0 Å². The van der Waals surface area contributed by atoms with E-state index >= 15 is 0 Å². The number of aromatic nitrogens is 2. The summed E-state index contributed by atoms with van der Waals surface area (Å²) in [6, 6.07) is 6.13. The topological polar surface area (TPSA) is 132 Å². The molecule has 12 heteroatoms. The lowest BCUT2D eigenvalue weighted by Gasteiger charge is -2.08. The minimum absolute atomic E-state index is 0.00405. The van der Waals surface area contributed by atoms with Crippen LogP contribution in [0.5, 0.6) is 0 Å². The zero-order valence-corrected chi connectivity index (χ0v) is 22.3. The number of carbonyl (C=O) groups excluding carboxylic acids is 1. The van der Waals surface area contributed by atoms with Crippen molar-refractivity contribution in [1.29, 1.82) is 0 Å².